The maximum absolute atomic E-state index is 12.9. The fraction of sp³-hybridized carbons (Fsp3) is 0.560. The quantitative estimate of drug-likeness (QED) is 0.274. The molecule has 0 aliphatic rings. The second kappa shape index (κ2) is 11.9. The van der Waals surface area contributed by atoms with Gasteiger partial charge in [-0.05, 0) is 73.1 Å². The van der Waals surface area contributed by atoms with Crippen LogP contribution in [0.2, 0.25) is 6.32 Å². The molecular weight excluding hydrogens is 405 g/mol. The predicted octanol–water partition coefficient (Wildman–Crippen LogP) is 5.10. The maximum Gasteiger partial charge on any atom is 0.321 e. The van der Waals surface area contributed by atoms with Crippen LogP contribution in [0.3, 0.4) is 0 Å². The van der Waals surface area contributed by atoms with E-state index in [1.165, 1.54) is 21.0 Å². The zero-order chi connectivity index (χ0) is 25.3. The molecule has 0 heterocycles. The van der Waals surface area contributed by atoms with Gasteiger partial charge in [0.05, 0.1) is 20.4 Å². The third-order valence-electron chi connectivity index (χ3n) is 5.56. The van der Waals surface area contributed by atoms with Crippen LogP contribution in [-0.4, -0.2) is 38.4 Å². The van der Waals surface area contributed by atoms with Crippen LogP contribution in [0, 0.1) is 10.8 Å². The summed E-state index contributed by atoms with van der Waals surface area (Å²) in [5.74, 6) is -1.49. The number of anilines is 1. The van der Waals surface area contributed by atoms with Gasteiger partial charge in [0, 0.05) is 5.69 Å². The number of methoxy groups -OCH3 is 1. The van der Waals surface area contributed by atoms with Gasteiger partial charge in [-0.25, -0.2) is 0 Å². The van der Waals surface area contributed by atoms with E-state index in [1.807, 2.05) is 26.8 Å². The molecule has 6 nitrogen and oxygen atoms in total. The summed E-state index contributed by atoms with van der Waals surface area (Å²) in [6, 6.07) is 8.92. The highest BCUT2D eigenvalue weighted by Gasteiger charge is 2.42. The van der Waals surface area contributed by atoms with Crippen molar-refractivity contribution in [2.24, 2.45) is 10.8 Å². The number of para-hydroxylation sites is 1. The highest BCUT2D eigenvalue weighted by molar-refractivity contribution is 6.08. The number of ether oxygens (including phenoxy) is 2. The molecule has 0 saturated carbocycles. The molecule has 176 valence electrons. The lowest BCUT2D eigenvalue weighted by molar-refractivity contribution is -0.166. The van der Waals surface area contributed by atoms with Gasteiger partial charge in [0.1, 0.15) is 11.0 Å². The predicted molar refractivity (Wildman–Crippen MR) is 129 cm³/mol. The van der Waals surface area contributed by atoms with E-state index in [9.17, 15) is 14.4 Å². The number of carbonyl (C=O) groups excluding carboxylic acids is 3. The van der Waals surface area contributed by atoms with Gasteiger partial charge in [0.25, 0.3) is 0 Å². The highest BCUT2D eigenvalue weighted by atomic mass is 16.6. The molecule has 32 heavy (non-hydrogen) atoms. The van der Waals surface area contributed by atoms with Crippen molar-refractivity contribution < 1.29 is 23.9 Å². The van der Waals surface area contributed by atoms with Gasteiger partial charge < -0.3 is 14.8 Å². The van der Waals surface area contributed by atoms with Gasteiger partial charge >= 0.3 is 11.9 Å². The van der Waals surface area contributed by atoms with Crippen molar-refractivity contribution in [3.8, 4) is 0 Å². The Balaban J connectivity index is 0.00000302. The Bertz CT molecular complexity index is 826. The standard InChI is InChI=1S/C23H33NO5.C2H5B/c1-15(21(3,4)19(26)28-9)16(2)23(7,8)29-20(27)22(5,6)18(25)24-17-13-11-10-12-14-17;1-2-3/h10-14H,1-9H3,(H,24,25);2H2,1H3/b16-15-;. The van der Waals surface area contributed by atoms with E-state index < -0.39 is 28.3 Å². The van der Waals surface area contributed by atoms with Crippen LogP contribution in [0.5, 0.6) is 0 Å². The molecule has 0 saturated heterocycles. The fourth-order valence-corrected chi connectivity index (χ4v) is 2.67. The van der Waals surface area contributed by atoms with E-state index in [-0.39, 0.29) is 5.97 Å². The molecule has 0 bridgehead atoms. The van der Waals surface area contributed by atoms with E-state index in [1.54, 1.807) is 52.0 Å². The van der Waals surface area contributed by atoms with E-state index in [0.717, 1.165) is 17.5 Å². The number of amides is 1. The summed E-state index contributed by atoms with van der Waals surface area (Å²) in [6.45, 7) is 15.6. The van der Waals surface area contributed by atoms with E-state index >= 15 is 0 Å². The summed E-state index contributed by atoms with van der Waals surface area (Å²) in [4.78, 5) is 37.7. The van der Waals surface area contributed by atoms with Gasteiger partial charge in [0.15, 0.2) is 0 Å². The first-order chi connectivity index (χ1) is 14.6. The molecule has 1 amide bonds. The largest absolute Gasteiger partial charge is 0.468 e. The fourth-order valence-electron chi connectivity index (χ4n) is 2.67. The monoisotopic (exact) mass is 443 g/mol. The molecule has 0 fully saturated rings. The van der Waals surface area contributed by atoms with Crippen LogP contribution in [0.4, 0.5) is 5.69 Å². The average molecular weight is 443 g/mol. The minimum atomic E-state index is -1.40. The van der Waals surface area contributed by atoms with Crippen LogP contribution in [0.1, 0.15) is 62.3 Å². The molecule has 1 rings (SSSR count). The van der Waals surface area contributed by atoms with Crippen molar-refractivity contribution in [3.05, 3.63) is 41.5 Å². The Morgan fingerprint density at radius 3 is 1.78 bits per heavy atom. The van der Waals surface area contributed by atoms with E-state index in [0.29, 0.717) is 5.69 Å². The number of hydrogen-bond donors (Lipinski definition) is 1. The molecule has 0 aromatic heterocycles. The van der Waals surface area contributed by atoms with Crippen LogP contribution in [-0.2, 0) is 23.9 Å². The van der Waals surface area contributed by atoms with E-state index in [2.05, 4.69) is 5.32 Å². The smallest absolute Gasteiger partial charge is 0.321 e. The minimum absolute atomic E-state index is 0.376. The minimum Gasteiger partial charge on any atom is -0.468 e. The Hall–Kier alpha value is -2.57. The summed E-state index contributed by atoms with van der Waals surface area (Å²) in [5.41, 5.74) is -1.22. The van der Waals surface area contributed by atoms with Crippen molar-refractivity contribution in [2.75, 3.05) is 12.4 Å². The van der Waals surface area contributed by atoms with Crippen molar-refractivity contribution in [1.29, 1.82) is 0 Å². The maximum atomic E-state index is 12.9. The van der Waals surface area contributed by atoms with Crippen molar-refractivity contribution >= 4 is 31.4 Å². The van der Waals surface area contributed by atoms with Gasteiger partial charge in [-0.2, -0.15) is 0 Å². The summed E-state index contributed by atoms with van der Waals surface area (Å²) in [5, 5.41) is 2.73. The molecule has 0 aliphatic carbocycles. The number of hydrogen-bond acceptors (Lipinski definition) is 5. The molecule has 0 spiro atoms. The van der Waals surface area contributed by atoms with Crippen molar-refractivity contribution in [1.82, 2.24) is 0 Å². The molecule has 1 N–H and O–H groups in total. The second-order valence-corrected chi connectivity index (χ2v) is 9.12. The van der Waals surface area contributed by atoms with Crippen LogP contribution >= 0.6 is 0 Å². The molecule has 7 heteroatoms. The highest BCUT2D eigenvalue weighted by Crippen LogP contribution is 2.36. The Morgan fingerprint density at radius 2 is 1.34 bits per heavy atom. The lowest BCUT2D eigenvalue weighted by Crippen LogP contribution is -2.44. The second-order valence-electron chi connectivity index (χ2n) is 9.12. The number of benzene rings is 1. The molecule has 2 radical (unpaired) electrons. The Labute approximate surface area is 194 Å². The molecule has 1 aromatic carbocycles. The number of esters is 2. The first-order valence-electron chi connectivity index (χ1n) is 10.7. The first kappa shape index (κ1) is 29.4. The van der Waals surface area contributed by atoms with Crippen molar-refractivity contribution in [3.63, 3.8) is 0 Å². The summed E-state index contributed by atoms with van der Waals surface area (Å²) in [6.07, 6.45) is 0.750. The van der Waals surface area contributed by atoms with Gasteiger partial charge in [-0.15, -0.1) is 0 Å². The number of carbonyl (C=O) groups is 3. The van der Waals surface area contributed by atoms with Gasteiger partial charge in [0.2, 0.25) is 5.91 Å². The third kappa shape index (κ3) is 7.54. The van der Waals surface area contributed by atoms with Gasteiger partial charge in [-0.1, -0.05) is 37.0 Å². The zero-order valence-corrected chi connectivity index (χ0v) is 21.2. The lowest BCUT2D eigenvalue weighted by atomic mass is 9.79. The van der Waals surface area contributed by atoms with E-state index in [4.69, 9.17) is 17.3 Å². The zero-order valence-electron chi connectivity index (χ0n) is 21.2. The average Bonchev–Trinajstić information content (AvgIpc) is 2.72. The summed E-state index contributed by atoms with van der Waals surface area (Å²) >= 11 is 0. The first-order valence-corrected chi connectivity index (χ1v) is 10.7. The van der Waals surface area contributed by atoms with Crippen LogP contribution in [0.25, 0.3) is 0 Å². The number of rotatable bonds is 7. The molecule has 0 atom stereocenters. The molecule has 1 aromatic rings. The topological polar surface area (TPSA) is 81.7 Å². The molecule has 0 aliphatic heterocycles. The van der Waals surface area contributed by atoms with Crippen molar-refractivity contribution in [2.45, 2.75) is 74.2 Å². The van der Waals surface area contributed by atoms with Crippen LogP contribution < -0.4 is 5.32 Å². The third-order valence-corrected chi connectivity index (χ3v) is 5.56. The normalized spacial score (nSPS) is 12.6. The summed E-state index contributed by atoms with van der Waals surface area (Å²) < 4.78 is 10.6. The van der Waals surface area contributed by atoms with Crippen LogP contribution in [0.15, 0.2) is 41.5 Å². The van der Waals surface area contributed by atoms with Gasteiger partial charge in [-0.3, -0.25) is 14.4 Å². The SMILES string of the molecule is COC(=O)C(C)(C)/C(C)=C(/C)C(C)(C)OC(=O)C(C)(C)C(=O)Nc1ccccc1.[B]CC. The Kier molecular flexibility index (Phi) is 10.9. The lowest BCUT2D eigenvalue weighted by Gasteiger charge is -2.34. The number of nitrogens with one attached hydrogen (secondary N) is 1. The summed E-state index contributed by atoms with van der Waals surface area (Å²) in [7, 11) is 6.19. The Morgan fingerprint density at radius 1 is 0.875 bits per heavy atom. The molecule has 0 unspecified atom stereocenters. The molecular formula is C25H38BNO5.